The van der Waals surface area contributed by atoms with E-state index < -0.39 is 17.9 Å². The standard InChI is InChI=1S/C28H19BrN2O6/c1-14-20-11-17(29)7-10-22(20)36-25(14)28(33)35-18-8-9-19-23(12-18)37-26(31)21(13-30)24(19)15-3-5-16(6-4-15)27(32)34-2/h3-12,24H,31H2,1-2H3. The van der Waals surface area contributed by atoms with Gasteiger partial charge in [-0.05, 0) is 48.9 Å². The summed E-state index contributed by atoms with van der Waals surface area (Å²) in [7, 11) is 1.31. The van der Waals surface area contributed by atoms with Gasteiger partial charge in [-0.3, -0.25) is 0 Å². The maximum absolute atomic E-state index is 12.9. The lowest BCUT2D eigenvalue weighted by molar-refractivity contribution is 0.0600. The number of halogens is 1. The number of hydrogen-bond acceptors (Lipinski definition) is 8. The Kier molecular flexibility index (Phi) is 6.19. The zero-order valence-corrected chi connectivity index (χ0v) is 21.3. The summed E-state index contributed by atoms with van der Waals surface area (Å²) in [6.07, 6.45) is 0. The van der Waals surface area contributed by atoms with Crippen LogP contribution >= 0.6 is 15.9 Å². The summed E-state index contributed by atoms with van der Waals surface area (Å²) in [5, 5.41) is 10.6. The number of fused-ring (bicyclic) bond motifs is 2. The van der Waals surface area contributed by atoms with Gasteiger partial charge < -0.3 is 24.4 Å². The molecule has 0 saturated carbocycles. The highest BCUT2D eigenvalue weighted by Crippen LogP contribution is 2.43. The monoisotopic (exact) mass is 558 g/mol. The Labute approximate surface area is 220 Å². The van der Waals surface area contributed by atoms with Crippen LogP contribution < -0.4 is 15.2 Å². The third-order valence-electron chi connectivity index (χ3n) is 6.15. The van der Waals surface area contributed by atoms with Gasteiger partial charge in [-0.15, -0.1) is 0 Å². The van der Waals surface area contributed by atoms with Gasteiger partial charge in [-0.1, -0.05) is 34.1 Å². The van der Waals surface area contributed by atoms with E-state index in [1.165, 1.54) is 7.11 Å². The van der Waals surface area contributed by atoms with Crippen LogP contribution in [0, 0.1) is 18.3 Å². The summed E-state index contributed by atoms with van der Waals surface area (Å²) < 4.78 is 22.7. The van der Waals surface area contributed by atoms with Gasteiger partial charge in [0.25, 0.3) is 0 Å². The molecule has 184 valence electrons. The van der Waals surface area contributed by atoms with Crippen molar-refractivity contribution in [2.45, 2.75) is 12.8 Å². The first-order valence-electron chi connectivity index (χ1n) is 11.1. The predicted molar refractivity (Wildman–Crippen MR) is 137 cm³/mol. The van der Waals surface area contributed by atoms with Gasteiger partial charge in [-0.25, -0.2) is 9.59 Å². The first-order chi connectivity index (χ1) is 17.8. The third kappa shape index (κ3) is 4.32. The van der Waals surface area contributed by atoms with Crippen LogP contribution in [-0.4, -0.2) is 19.0 Å². The number of nitrogens with zero attached hydrogens (tertiary/aromatic N) is 1. The molecule has 0 radical (unpaired) electrons. The molecular weight excluding hydrogens is 540 g/mol. The van der Waals surface area contributed by atoms with Crippen molar-refractivity contribution in [1.29, 1.82) is 5.26 Å². The number of rotatable bonds is 4. The molecule has 0 aliphatic carbocycles. The van der Waals surface area contributed by atoms with Crippen LogP contribution in [0.15, 0.2) is 81.0 Å². The maximum atomic E-state index is 12.9. The van der Waals surface area contributed by atoms with Crippen molar-refractivity contribution in [3.63, 3.8) is 0 Å². The van der Waals surface area contributed by atoms with Crippen LogP contribution in [0.25, 0.3) is 11.0 Å². The summed E-state index contributed by atoms with van der Waals surface area (Å²) in [4.78, 5) is 24.7. The van der Waals surface area contributed by atoms with E-state index in [0.29, 0.717) is 28.0 Å². The molecular formula is C28H19BrN2O6. The Morgan fingerprint density at radius 2 is 1.81 bits per heavy atom. The van der Waals surface area contributed by atoms with Crippen molar-refractivity contribution in [1.82, 2.24) is 0 Å². The Balaban J connectivity index is 1.47. The lowest BCUT2D eigenvalue weighted by atomic mass is 9.83. The van der Waals surface area contributed by atoms with Crippen molar-refractivity contribution in [3.05, 3.63) is 105 Å². The van der Waals surface area contributed by atoms with Gasteiger partial charge in [0.05, 0.1) is 18.6 Å². The summed E-state index contributed by atoms with van der Waals surface area (Å²) in [6, 6.07) is 19.1. The normalized spacial score (nSPS) is 14.5. The van der Waals surface area contributed by atoms with Gasteiger partial charge in [-0.2, -0.15) is 5.26 Å². The molecule has 5 rings (SSSR count). The number of hydrogen-bond donors (Lipinski definition) is 1. The molecule has 2 N–H and O–H groups in total. The third-order valence-corrected chi connectivity index (χ3v) is 6.64. The highest BCUT2D eigenvalue weighted by atomic mass is 79.9. The number of furan rings is 1. The average molecular weight is 559 g/mol. The Bertz CT molecular complexity index is 1650. The molecule has 0 spiro atoms. The molecule has 0 saturated heterocycles. The maximum Gasteiger partial charge on any atom is 0.379 e. The molecule has 1 unspecified atom stereocenters. The van der Waals surface area contributed by atoms with Gasteiger partial charge in [0.2, 0.25) is 11.6 Å². The minimum absolute atomic E-state index is 0.0563. The second kappa shape index (κ2) is 9.48. The number of allylic oxidation sites excluding steroid dienone is 1. The largest absolute Gasteiger partial charge is 0.465 e. The van der Waals surface area contributed by atoms with E-state index in [-0.39, 0.29) is 23.0 Å². The lowest BCUT2D eigenvalue weighted by Gasteiger charge is -2.26. The zero-order valence-electron chi connectivity index (χ0n) is 19.7. The fourth-order valence-corrected chi connectivity index (χ4v) is 4.67. The minimum atomic E-state index is -0.656. The molecule has 8 nitrogen and oxygen atoms in total. The van der Waals surface area contributed by atoms with Gasteiger partial charge >= 0.3 is 11.9 Å². The van der Waals surface area contributed by atoms with Crippen LogP contribution in [0.3, 0.4) is 0 Å². The number of aryl methyl sites for hydroxylation is 1. The number of esters is 2. The van der Waals surface area contributed by atoms with Crippen LogP contribution in [-0.2, 0) is 4.74 Å². The molecule has 0 fully saturated rings. The topological polar surface area (TPSA) is 125 Å². The Morgan fingerprint density at radius 1 is 1.05 bits per heavy atom. The number of ether oxygens (including phenoxy) is 3. The van der Waals surface area contributed by atoms with Crippen LogP contribution in [0.2, 0.25) is 0 Å². The van der Waals surface area contributed by atoms with Gasteiger partial charge in [0.1, 0.15) is 28.7 Å². The molecule has 4 aromatic rings. The predicted octanol–water partition coefficient (Wildman–Crippen LogP) is 5.73. The molecule has 3 aromatic carbocycles. The Hall–Kier alpha value is -4.55. The molecule has 1 aliphatic heterocycles. The van der Waals surface area contributed by atoms with E-state index in [0.717, 1.165) is 15.4 Å². The van der Waals surface area contributed by atoms with Crippen LogP contribution in [0.5, 0.6) is 11.5 Å². The summed E-state index contributed by atoms with van der Waals surface area (Å²) in [5.74, 6) is -1.06. The van der Waals surface area contributed by atoms with Crippen LogP contribution in [0.4, 0.5) is 0 Å². The van der Waals surface area contributed by atoms with E-state index in [1.807, 2.05) is 12.1 Å². The van der Waals surface area contributed by atoms with E-state index in [9.17, 15) is 14.9 Å². The first-order valence-corrected chi connectivity index (χ1v) is 11.9. The fourth-order valence-electron chi connectivity index (χ4n) is 4.31. The van der Waals surface area contributed by atoms with E-state index in [4.69, 9.17) is 24.4 Å². The molecule has 1 aromatic heterocycles. The average Bonchev–Trinajstić information content (AvgIpc) is 3.23. The molecule has 0 bridgehead atoms. The van der Waals surface area contributed by atoms with Crippen LogP contribution in [0.1, 0.15) is 43.5 Å². The summed E-state index contributed by atoms with van der Waals surface area (Å²) >= 11 is 3.42. The molecule has 1 aliphatic rings. The highest BCUT2D eigenvalue weighted by molar-refractivity contribution is 9.10. The number of nitriles is 1. The highest BCUT2D eigenvalue weighted by Gasteiger charge is 2.31. The van der Waals surface area contributed by atoms with E-state index in [1.54, 1.807) is 55.5 Å². The number of benzene rings is 3. The van der Waals surface area contributed by atoms with Gasteiger partial charge in [0.15, 0.2) is 0 Å². The molecule has 37 heavy (non-hydrogen) atoms. The number of carbonyl (C=O) groups excluding carboxylic acids is 2. The SMILES string of the molecule is COC(=O)c1ccc(C2C(C#N)=C(N)Oc3cc(OC(=O)c4oc5ccc(Br)cc5c4C)ccc32)cc1. The van der Waals surface area contributed by atoms with E-state index in [2.05, 4.69) is 22.0 Å². The first kappa shape index (κ1) is 24.2. The van der Waals surface area contributed by atoms with Crippen molar-refractivity contribution in [3.8, 4) is 17.6 Å². The molecule has 9 heteroatoms. The number of nitrogens with two attached hydrogens (primary N) is 1. The number of carbonyl (C=O) groups is 2. The zero-order chi connectivity index (χ0) is 26.3. The minimum Gasteiger partial charge on any atom is -0.465 e. The molecule has 0 amide bonds. The second-order valence-corrected chi connectivity index (χ2v) is 9.24. The summed E-state index contributed by atoms with van der Waals surface area (Å²) in [5.41, 5.74) is 9.31. The Morgan fingerprint density at radius 3 is 2.51 bits per heavy atom. The van der Waals surface area contributed by atoms with Gasteiger partial charge in [0, 0.05) is 27.1 Å². The molecule has 1 atom stereocenters. The quantitative estimate of drug-likeness (QED) is 0.248. The van der Waals surface area contributed by atoms with E-state index >= 15 is 0 Å². The lowest BCUT2D eigenvalue weighted by Crippen LogP contribution is -2.21. The van der Waals surface area contributed by atoms with Crippen molar-refractivity contribution < 1.29 is 28.2 Å². The smallest absolute Gasteiger partial charge is 0.379 e. The van der Waals surface area contributed by atoms with Crippen molar-refractivity contribution in [2.75, 3.05) is 7.11 Å². The second-order valence-electron chi connectivity index (χ2n) is 8.32. The van der Waals surface area contributed by atoms with Crippen molar-refractivity contribution >= 4 is 38.8 Å². The summed E-state index contributed by atoms with van der Waals surface area (Å²) in [6.45, 7) is 1.79. The number of methoxy groups -OCH3 is 1. The fraction of sp³-hybridized carbons (Fsp3) is 0.107. The molecule has 2 heterocycles. The van der Waals surface area contributed by atoms with Crippen molar-refractivity contribution in [2.24, 2.45) is 5.73 Å².